The van der Waals surface area contributed by atoms with Crippen LogP contribution in [0.25, 0.3) is 0 Å². The van der Waals surface area contributed by atoms with Crippen molar-refractivity contribution in [2.75, 3.05) is 0 Å². The van der Waals surface area contributed by atoms with Gasteiger partial charge >= 0.3 is 0 Å². The summed E-state index contributed by atoms with van der Waals surface area (Å²) in [6.45, 7) is 5.69. The minimum Gasteiger partial charge on any atom is -0.210 e. The van der Waals surface area contributed by atoms with E-state index < -0.39 is 11.8 Å². The van der Waals surface area contributed by atoms with Gasteiger partial charge in [0.25, 0.3) is 0 Å². The first-order valence-electron chi connectivity index (χ1n) is 4.43. The minimum atomic E-state index is -2.11. The van der Waals surface area contributed by atoms with Gasteiger partial charge in [-0.3, -0.25) is 0 Å². The third kappa shape index (κ3) is 2.76. The predicted molar refractivity (Wildman–Crippen MR) is 43.9 cm³/mol. The molecule has 1 saturated carbocycles. The lowest BCUT2D eigenvalue weighted by atomic mass is 9.90. The average molecular weight is 164 g/mol. The average Bonchev–Trinajstić information content (AvgIpc) is 2.42. The van der Waals surface area contributed by atoms with Crippen molar-refractivity contribution in [2.24, 2.45) is 5.41 Å². The van der Waals surface area contributed by atoms with Crippen molar-refractivity contribution < 1.29 is 8.78 Å². The van der Waals surface area contributed by atoms with Crippen molar-refractivity contribution in [2.45, 2.75) is 52.9 Å². The molecule has 11 heavy (non-hydrogen) atoms. The minimum absolute atomic E-state index is 0.639. The Kier molecular flexibility index (Phi) is 4.62. The molecule has 0 bridgehead atoms. The number of alkyl halides is 2. The summed E-state index contributed by atoms with van der Waals surface area (Å²) in [7, 11) is 0. The van der Waals surface area contributed by atoms with Crippen LogP contribution in [-0.2, 0) is 0 Å². The molecule has 2 heteroatoms. The molecule has 68 valence electrons. The summed E-state index contributed by atoms with van der Waals surface area (Å²) in [4.78, 5) is 0. The second-order valence-electron chi connectivity index (χ2n) is 3.16. The van der Waals surface area contributed by atoms with Crippen molar-refractivity contribution in [1.29, 1.82) is 0 Å². The third-order valence-electron chi connectivity index (χ3n) is 2.27. The molecule has 0 amide bonds. The maximum Gasteiger partial charge on any atom is 0.243 e. The second-order valence-corrected chi connectivity index (χ2v) is 3.16. The first-order chi connectivity index (χ1) is 5.15. The summed E-state index contributed by atoms with van der Waals surface area (Å²) in [6, 6.07) is 0. The zero-order chi connectivity index (χ0) is 8.91. The number of halogens is 2. The van der Waals surface area contributed by atoms with Gasteiger partial charge in [0.2, 0.25) is 6.43 Å². The van der Waals surface area contributed by atoms with Crippen LogP contribution in [-0.4, -0.2) is 6.43 Å². The fourth-order valence-corrected chi connectivity index (χ4v) is 1.40. The Balaban J connectivity index is 0.000000461. The highest BCUT2D eigenvalue weighted by Gasteiger charge is 2.37. The molecule has 0 heterocycles. The Morgan fingerprint density at radius 3 is 1.64 bits per heavy atom. The summed E-state index contributed by atoms with van der Waals surface area (Å²) in [6.07, 6.45) is 1.29. The quantitative estimate of drug-likeness (QED) is 0.552. The Bertz CT molecular complexity index is 93.7. The molecule has 0 nitrogen and oxygen atoms in total. The summed E-state index contributed by atoms with van der Waals surface area (Å²) in [5.41, 5.74) is -0.639. The second kappa shape index (κ2) is 4.68. The predicted octanol–water partition coefficient (Wildman–Crippen LogP) is 3.86. The molecule has 0 saturated heterocycles. The van der Waals surface area contributed by atoms with E-state index in [2.05, 4.69) is 0 Å². The van der Waals surface area contributed by atoms with E-state index in [-0.39, 0.29) is 0 Å². The van der Waals surface area contributed by atoms with Crippen molar-refractivity contribution >= 4 is 0 Å². The maximum absolute atomic E-state index is 12.1. The fraction of sp³-hybridized carbons (Fsp3) is 1.00. The van der Waals surface area contributed by atoms with Crippen LogP contribution >= 0.6 is 0 Å². The zero-order valence-corrected chi connectivity index (χ0v) is 7.66. The lowest BCUT2D eigenvalue weighted by Gasteiger charge is -2.21. The van der Waals surface area contributed by atoms with Gasteiger partial charge in [-0.05, 0) is 12.8 Å². The summed E-state index contributed by atoms with van der Waals surface area (Å²) in [5, 5.41) is 0. The first-order valence-corrected chi connectivity index (χ1v) is 4.43. The Morgan fingerprint density at radius 1 is 1.09 bits per heavy atom. The molecule has 0 atom stereocenters. The van der Waals surface area contributed by atoms with E-state index in [0.717, 1.165) is 12.8 Å². The van der Waals surface area contributed by atoms with Gasteiger partial charge in [-0.1, -0.05) is 33.6 Å². The van der Waals surface area contributed by atoms with E-state index in [1.807, 2.05) is 13.8 Å². The molecule has 1 fully saturated rings. The number of hydrogen-bond donors (Lipinski definition) is 0. The molecule has 0 aromatic rings. The molecule has 1 aliphatic rings. The lowest BCUT2D eigenvalue weighted by molar-refractivity contribution is 0.0119. The summed E-state index contributed by atoms with van der Waals surface area (Å²) in [5.74, 6) is 0. The zero-order valence-electron chi connectivity index (χ0n) is 7.66. The molecular formula is C9H18F2. The highest BCUT2D eigenvalue weighted by Crippen LogP contribution is 2.42. The van der Waals surface area contributed by atoms with Gasteiger partial charge in [0.05, 0.1) is 0 Å². The molecule has 0 N–H and O–H groups in total. The van der Waals surface area contributed by atoms with E-state index in [1.165, 1.54) is 0 Å². The normalized spacial score (nSPS) is 21.3. The van der Waals surface area contributed by atoms with Crippen LogP contribution in [0.4, 0.5) is 8.78 Å². The smallest absolute Gasteiger partial charge is 0.210 e. The highest BCUT2D eigenvalue weighted by atomic mass is 19.3. The van der Waals surface area contributed by atoms with Crippen LogP contribution in [0.15, 0.2) is 0 Å². The maximum atomic E-state index is 12.1. The fourth-order valence-electron chi connectivity index (χ4n) is 1.40. The van der Waals surface area contributed by atoms with Gasteiger partial charge in [-0.15, -0.1) is 0 Å². The van der Waals surface area contributed by atoms with Crippen LogP contribution in [0.3, 0.4) is 0 Å². The van der Waals surface area contributed by atoms with Crippen LogP contribution in [0.1, 0.15) is 46.5 Å². The first kappa shape index (κ1) is 10.9. The van der Waals surface area contributed by atoms with Gasteiger partial charge in [0, 0.05) is 5.41 Å². The Hall–Kier alpha value is -0.140. The molecule has 1 aliphatic carbocycles. The van der Waals surface area contributed by atoms with E-state index in [0.29, 0.717) is 12.8 Å². The topological polar surface area (TPSA) is 0 Å². The van der Waals surface area contributed by atoms with Gasteiger partial charge in [-0.25, -0.2) is 8.78 Å². The van der Waals surface area contributed by atoms with Gasteiger partial charge < -0.3 is 0 Å². The number of rotatable bonds is 1. The molecule has 0 radical (unpaired) electrons. The summed E-state index contributed by atoms with van der Waals surface area (Å²) >= 11 is 0. The van der Waals surface area contributed by atoms with Crippen LogP contribution < -0.4 is 0 Å². The van der Waals surface area contributed by atoms with Crippen molar-refractivity contribution in [3.05, 3.63) is 0 Å². The van der Waals surface area contributed by atoms with Gasteiger partial charge in [0.15, 0.2) is 0 Å². The van der Waals surface area contributed by atoms with Crippen molar-refractivity contribution in [3.8, 4) is 0 Å². The molecule has 0 spiro atoms. The van der Waals surface area contributed by atoms with Gasteiger partial charge in [0.1, 0.15) is 0 Å². The number of hydrogen-bond acceptors (Lipinski definition) is 0. The monoisotopic (exact) mass is 164 g/mol. The third-order valence-corrected chi connectivity index (χ3v) is 2.27. The highest BCUT2D eigenvalue weighted by molar-refractivity contribution is 4.82. The van der Waals surface area contributed by atoms with E-state index in [9.17, 15) is 8.78 Å². The van der Waals surface area contributed by atoms with Crippen molar-refractivity contribution in [1.82, 2.24) is 0 Å². The molecular weight excluding hydrogens is 146 g/mol. The van der Waals surface area contributed by atoms with Crippen molar-refractivity contribution in [3.63, 3.8) is 0 Å². The molecule has 0 aliphatic heterocycles. The van der Waals surface area contributed by atoms with Crippen LogP contribution in [0, 0.1) is 5.41 Å². The van der Waals surface area contributed by atoms with Crippen LogP contribution in [0.2, 0.25) is 0 Å². The molecule has 1 rings (SSSR count). The molecule has 0 aromatic carbocycles. The SMILES string of the molecule is CC.CC1(C(F)F)CCCC1. The van der Waals surface area contributed by atoms with Gasteiger partial charge in [-0.2, -0.15) is 0 Å². The Labute approximate surface area is 68.0 Å². The van der Waals surface area contributed by atoms with E-state index >= 15 is 0 Å². The summed E-state index contributed by atoms with van der Waals surface area (Å²) < 4.78 is 24.2. The molecule has 0 unspecified atom stereocenters. The standard InChI is InChI=1S/C7H12F2.C2H6/c1-7(6(8)9)4-2-3-5-7;1-2/h6H,2-5H2,1H3;1-2H3. The molecule has 0 aromatic heterocycles. The largest absolute Gasteiger partial charge is 0.243 e. The van der Waals surface area contributed by atoms with E-state index in [1.54, 1.807) is 6.92 Å². The lowest BCUT2D eigenvalue weighted by Crippen LogP contribution is -2.21. The van der Waals surface area contributed by atoms with E-state index in [4.69, 9.17) is 0 Å². The Morgan fingerprint density at radius 2 is 1.45 bits per heavy atom. The van der Waals surface area contributed by atoms with Crippen LogP contribution in [0.5, 0.6) is 0 Å².